The van der Waals surface area contributed by atoms with E-state index in [0.29, 0.717) is 17.0 Å². The van der Waals surface area contributed by atoms with Crippen LogP contribution in [0.15, 0.2) is 65.8 Å². The molecule has 0 spiro atoms. The Morgan fingerprint density at radius 3 is 2.73 bits per heavy atom. The highest BCUT2D eigenvalue weighted by molar-refractivity contribution is 5.92. The van der Waals surface area contributed by atoms with E-state index in [1.807, 2.05) is 12.1 Å². The molecule has 4 aromatic heterocycles. The summed E-state index contributed by atoms with van der Waals surface area (Å²) in [5.41, 5.74) is 2.66. The lowest BCUT2D eigenvalue weighted by Crippen LogP contribution is -2.25. The second-order valence-electron chi connectivity index (χ2n) is 5.58. The van der Waals surface area contributed by atoms with E-state index in [2.05, 4.69) is 25.4 Å². The zero-order valence-corrected chi connectivity index (χ0v) is 13.6. The van der Waals surface area contributed by atoms with Gasteiger partial charge >= 0.3 is 0 Å². The number of carbonyl (C=O) groups excluding carboxylic acids is 1. The Labute approximate surface area is 147 Å². The van der Waals surface area contributed by atoms with Crippen molar-refractivity contribution in [3.63, 3.8) is 0 Å². The van der Waals surface area contributed by atoms with Gasteiger partial charge in [0, 0.05) is 36.3 Å². The van der Waals surface area contributed by atoms with Crippen molar-refractivity contribution in [3.8, 4) is 11.3 Å². The van der Waals surface area contributed by atoms with Crippen LogP contribution in [0, 0.1) is 0 Å². The molecule has 0 saturated carbocycles. The highest BCUT2D eigenvalue weighted by Gasteiger charge is 2.10. The molecular formula is C18H14N6O2. The van der Waals surface area contributed by atoms with Gasteiger partial charge in [-0.3, -0.25) is 24.7 Å². The molecule has 0 fully saturated rings. The molecule has 0 aliphatic rings. The Kier molecular flexibility index (Phi) is 3.98. The molecule has 0 atom stereocenters. The van der Waals surface area contributed by atoms with Crippen LogP contribution in [-0.4, -0.2) is 30.5 Å². The molecule has 0 aromatic carbocycles. The minimum Gasteiger partial charge on any atom is -0.345 e. The van der Waals surface area contributed by atoms with Gasteiger partial charge in [-0.15, -0.1) is 0 Å². The zero-order chi connectivity index (χ0) is 17.9. The van der Waals surface area contributed by atoms with Crippen molar-refractivity contribution in [2.45, 2.75) is 6.54 Å². The van der Waals surface area contributed by atoms with Crippen LogP contribution in [-0.2, 0) is 6.54 Å². The van der Waals surface area contributed by atoms with Crippen molar-refractivity contribution in [2.75, 3.05) is 0 Å². The summed E-state index contributed by atoms with van der Waals surface area (Å²) in [5.74, 6) is -0.320. The molecule has 0 aliphatic carbocycles. The molecular weight excluding hydrogens is 332 g/mol. The highest BCUT2D eigenvalue weighted by atomic mass is 16.2. The fourth-order valence-electron chi connectivity index (χ4n) is 2.57. The second kappa shape index (κ2) is 6.60. The van der Waals surface area contributed by atoms with Gasteiger partial charge in [-0.25, -0.2) is 9.50 Å². The van der Waals surface area contributed by atoms with Crippen LogP contribution in [0.25, 0.3) is 16.9 Å². The van der Waals surface area contributed by atoms with Crippen LogP contribution in [0.4, 0.5) is 0 Å². The van der Waals surface area contributed by atoms with Crippen LogP contribution < -0.4 is 10.9 Å². The molecule has 128 valence electrons. The van der Waals surface area contributed by atoms with E-state index < -0.39 is 0 Å². The number of nitrogens with one attached hydrogen (secondary N) is 2. The van der Waals surface area contributed by atoms with Crippen molar-refractivity contribution in [3.05, 3.63) is 82.8 Å². The van der Waals surface area contributed by atoms with Crippen molar-refractivity contribution < 1.29 is 4.79 Å². The van der Waals surface area contributed by atoms with E-state index >= 15 is 0 Å². The molecule has 1 amide bonds. The number of hydrogen-bond donors (Lipinski definition) is 2. The van der Waals surface area contributed by atoms with E-state index in [0.717, 1.165) is 11.3 Å². The highest BCUT2D eigenvalue weighted by Crippen LogP contribution is 2.17. The maximum absolute atomic E-state index is 12.3. The van der Waals surface area contributed by atoms with Crippen molar-refractivity contribution >= 4 is 11.6 Å². The quantitative estimate of drug-likeness (QED) is 0.581. The average Bonchev–Trinajstić information content (AvgIpc) is 3.12. The predicted octanol–water partition coefficient (Wildman–Crippen LogP) is 1.41. The number of pyridine rings is 2. The van der Waals surface area contributed by atoms with Gasteiger partial charge in [-0.1, -0.05) is 6.07 Å². The second-order valence-corrected chi connectivity index (χ2v) is 5.58. The van der Waals surface area contributed by atoms with E-state index in [1.54, 1.807) is 42.9 Å². The summed E-state index contributed by atoms with van der Waals surface area (Å²) in [7, 11) is 0. The molecule has 0 aliphatic heterocycles. The number of fused-ring (bicyclic) bond motifs is 1. The number of H-pyrrole nitrogens is 1. The van der Waals surface area contributed by atoms with Crippen LogP contribution in [0.2, 0.25) is 0 Å². The van der Waals surface area contributed by atoms with Gasteiger partial charge in [0.05, 0.1) is 17.9 Å². The molecule has 4 heterocycles. The summed E-state index contributed by atoms with van der Waals surface area (Å²) in [6.45, 7) is 0.136. The maximum atomic E-state index is 12.3. The topological polar surface area (TPSA) is 105 Å². The lowest BCUT2D eigenvalue weighted by atomic mass is 10.2. The van der Waals surface area contributed by atoms with Gasteiger partial charge in [0.25, 0.3) is 11.5 Å². The first-order valence-corrected chi connectivity index (χ1v) is 7.92. The molecule has 8 heteroatoms. The van der Waals surface area contributed by atoms with Crippen LogP contribution in [0.3, 0.4) is 0 Å². The average molecular weight is 346 g/mol. The number of nitrogens with zero attached hydrogens (tertiary/aromatic N) is 4. The maximum Gasteiger partial charge on any atom is 0.272 e. The molecule has 4 aromatic rings. The summed E-state index contributed by atoms with van der Waals surface area (Å²) < 4.78 is 1.36. The molecule has 26 heavy (non-hydrogen) atoms. The summed E-state index contributed by atoms with van der Waals surface area (Å²) >= 11 is 0. The van der Waals surface area contributed by atoms with Gasteiger partial charge in [0.15, 0.2) is 5.65 Å². The summed E-state index contributed by atoms with van der Waals surface area (Å²) in [6, 6.07) is 11.9. The van der Waals surface area contributed by atoms with Crippen LogP contribution in [0.5, 0.6) is 0 Å². The fourth-order valence-corrected chi connectivity index (χ4v) is 2.57. The number of amides is 1. The molecule has 0 bridgehead atoms. The van der Waals surface area contributed by atoms with E-state index in [-0.39, 0.29) is 18.0 Å². The number of rotatable bonds is 4. The first-order valence-electron chi connectivity index (χ1n) is 7.92. The molecule has 0 radical (unpaired) electrons. The Hall–Kier alpha value is -3.81. The molecule has 8 nitrogen and oxygen atoms in total. The monoisotopic (exact) mass is 346 g/mol. The van der Waals surface area contributed by atoms with Crippen LogP contribution >= 0.6 is 0 Å². The van der Waals surface area contributed by atoms with Gasteiger partial charge in [0.1, 0.15) is 5.69 Å². The normalized spacial score (nSPS) is 10.8. The van der Waals surface area contributed by atoms with E-state index in [9.17, 15) is 9.59 Å². The van der Waals surface area contributed by atoms with Gasteiger partial charge in [-0.05, 0) is 24.3 Å². The number of aromatic nitrogens is 5. The number of hydrogen-bond acceptors (Lipinski definition) is 5. The Morgan fingerprint density at radius 1 is 1.12 bits per heavy atom. The molecule has 0 saturated heterocycles. The summed E-state index contributed by atoms with van der Waals surface area (Å²) in [5, 5.41) is 5.73. The van der Waals surface area contributed by atoms with Gasteiger partial charge < -0.3 is 5.32 Å². The lowest BCUT2D eigenvalue weighted by Gasteiger charge is -2.04. The Bertz CT molecular complexity index is 1120. The Morgan fingerprint density at radius 2 is 1.96 bits per heavy atom. The van der Waals surface area contributed by atoms with E-state index in [4.69, 9.17) is 0 Å². The van der Waals surface area contributed by atoms with Crippen LogP contribution in [0.1, 0.15) is 16.2 Å². The molecule has 2 N–H and O–H groups in total. The van der Waals surface area contributed by atoms with Gasteiger partial charge in [0.2, 0.25) is 0 Å². The minimum absolute atomic E-state index is 0.136. The third-order valence-corrected chi connectivity index (χ3v) is 3.82. The van der Waals surface area contributed by atoms with Crippen molar-refractivity contribution in [1.29, 1.82) is 0 Å². The van der Waals surface area contributed by atoms with Crippen molar-refractivity contribution in [2.24, 2.45) is 0 Å². The Balaban J connectivity index is 1.59. The first-order chi connectivity index (χ1) is 12.7. The fraction of sp³-hybridized carbons (Fsp3) is 0.0556. The SMILES string of the molecule is O=C(NCc1cc(=O)n2[nH]c(-c3ccncc3)cc2n1)c1ccccn1. The smallest absolute Gasteiger partial charge is 0.272 e. The molecule has 0 unspecified atom stereocenters. The van der Waals surface area contributed by atoms with Crippen molar-refractivity contribution in [1.82, 2.24) is 29.9 Å². The van der Waals surface area contributed by atoms with Gasteiger partial charge in [-0.2, -0.15) is 0 Å². The van der Waals surface area contributed by atoms with E-state index in [1.165, 1.54) is 10.6 Å². The standard InChI is InChI=1S/C18H14N6O2/c25-17-9-13(11-21-18(26)14-3-1-2-6-20-14)22-16-10-15(23-24(16)17)12-4-7-19-8-5-12/h1-10,23H,11H2,(H,21,26). The third-order valence-electron chi connectivity index (χ3n) is 3.82. The lowest BCUT2D eigenvalue weighted by molar-refractivity contribution is 0.0945. The minimum atomic E-state index is -0.320. The number of carbonyl (C=O) groups is 1. The summed E-state index contributed by atoms with van der Waals surface area (Å²) in [4.78, 5) is 36.8. The zero-order valence-electron chi connectivity index (χ0n) is 13.6. The molecule has 4 rings (SSSR count). The predicted molar refractivity (Wildman–Crippen MR) is 94.5 cm³/mol. The summed E-state index contributed by atoms with van der Waals surface area (Å²) in [6.07, 6.45) is 4.90. The first kappa shape index (κ1) is 15.7. The largest absolute Gasteiger partial charge is 0.345 e. The third kappa shape index (κ3) is 3.07. The number of aromatic amines is 1.